The first-order chi connectivity index (χ1) is 19.9. The molecule has 2 atom stereocenters. The normalized spacial score (nSPS) is 24.1. The Balaban J connectivity index is 1.08. The maximum absolute atomic E-state index is 11.8. The molecule has 3 fully saturated rings. The summed E-state index contributed by atoms with van der Waals surface area (Å²) >= 11 is 0. The number of pyridine rings is 1. The highest BCUT2D eigenvalue weighted by molar-refractivity contribution is 5.81. The Morgan fingerprint density at radius 3 is 2.76 bits per heavy atom. The van der Waals surface area contributed by atoms with Gasteiger partial charge in [-0.3, -0.25) is 9.69 Å². The van der Waals surface area contributed by atoms with E-state index in [1.165, 1.54) is 22.3 Å². The van der Waals surface area contributed by atoms with E-state index in [0.29, 0.717) is 19.2 Å². The maximum atomic E-state index is 11.8. The lowest BCUT2D eigenvalue weighted by Gasteiger charge is -2.38. The smallest absolute Gasteiger partial charge is 0.311 e. The van der Waals surface area contributed by atoms with Crippen molar-refractivity contribution >= 4 is 11.8 Å². The first-order valence-corrected chi connectivity index (χ1v) is 15.0. The molecule has 214 valence electrons. The van der Waals surface area contributed by atoms with E-state index in [9.17, 15) is 9.90 Å². The van der Waals surface area contributed by atoms with Gasteiger partial charge in [0.1, 0.15) is 18.2 Å². The number of nitrogens with zero attached hydrogens (tertiary/aromatic N) is 3. The molecule has 1 aliphatic carbocycles. The van der Waals surface area contributed by atoms with Crippen LogP contribution in [0.1, 0.15) is 47.1 Å². The minimum Gasteiger partial charge on any atom is -0.488 e. The van der Waals surface area contributed by atoms with Crippen molar-refractivity contribution in [1.29, 1.82) is 0 Å². The maximum Gasteiger partial charge on any atom is 0.311 e. The van der Waals surface area contributed by atoms with Gasteiger partial charge in [-0.25, -0.2) is 4.98 Å². The molecule has 0 radical (unpaired) electrons. The van der Waals surface area contributed by atoms with Crippen LogP contribution in [0.25, 0.3) is 11.3 Å². The van der Waals surface area contributed by atoms with Crippen molar-refractivity contribution in [2.75, 3.05) is 37.7 Å². The van der Waals surface area contributed by atoms with Crippen LogP contribution in [0.2, 0.25) is 0 Å². The molecule has 1 saturated carbocycles. The van der Waals surface area contributed by atoms with Gasteiger partial charge >= 0.3 is 5.97 Å². The van der Waals surface area contributed by atoms with Gasteiger partial charge in [-0.05, 0) is 91.5 Å². The summed E-state index contributed by atoms with van der Waals surface area (Å²) < 4.78 is 12.1. The fraction of sp³-hybridized carbons (Fsp3) is 0.471. The molecule has 0 bridgehead atoms. The van der Waals surface area contributed by atoms with Crippen LogP contribution in [0, 0.1) is 25.2 Å². The van der Waals surface area contributed by atoms with Crippen LogP contribution < -0.4 is 9.64 Å². The second kappa shape index (κ2) is 10.4. The molecule has 0 amide bonds. The number of carbonyl (C=O) groups is 1. The van der Waals surface area contributed by atoms with Gasteiger partial charge in [-0.2, -0.15) is 0 Å². The number of aryl methyl sites for hydroxylation is 2. The number of benzene rings is 2. The summed E-state index contributed by atoms with van der Waals surface area (Å²) in [5.41, 5.74) is 7.79. The summed E-state index contributed by atoms with van der Waals surface area (Å²) in [4.78, 5) is 21.6. The summed E-state index contributed by atoms with van der Waals surface area (Å²) in [7, 11) is 0. The molecule has 1 unspecified atom stereocenters. The highest BCUT2D eigenvalue weighted by atomic mass is 16.5. The van der Waals surface area contributed by atoms with Gasteiger partial charge in [0.15, 0.2) is 0 Å². The molecular weight excluding hydrogens is 514 g/mol. The quantitative estimate of drug-likeness (QED) is 0.420. The molecule has 2 aromatic carbocycles. The second-order valence-corrected chi connectivity index (χ2v) is 12.5. The van der Waals surface area contributed by atoms with Gasteiger partial charge in [-0.15, -0.1) is 0 Å². The number of para-hydroxylation sites is 1. The number of piperidine rings is 1. The van der Waals surface area contributed by atoms with E-state index in [0.717, 1.165) is 86.9 Å². The molecule has 3 aromatic rings. The third-order valence-corrected chi connectivity index (χ3v) is 9.86. The minimum atomic E-state index is -0.676. The number of hydrogen-bond acceptors (Lipinski definition) is 6. The first kappa shape index (κ1) is 26.5. The predicted molar refractivity (Wildman–Crippen MR) is 158 cm³/mol. The third-order valence-electron chi connectivity index (χ3n) is 9.86. The molecule has 4 aliphatic rings. The molecule has 0 spiro atoms. The number of hydrogen-bond donors (Lipinski definition) is 1. The summed E-state index contributed by atoms with van der Waals surface area (Å²) in [6.45, 7) is 10.0. The van der Waals surface area contributed by atoms with Crippen molar-refractivity contribution in [2.45, 2.75) is 58.7 Å². The van der Waals surface area contributed by atoms with Crippen LogP contribution in [0.5, 0.6) is 5.75 Å². The van der Waals surface area contributed by atoms with E-state index in [1.54, 1.807) is 0 Å². The zero-order chi connectivity index (χ0) is 28.1. The Labute approximate surface area is 242 Å². The summed E-state index contributed by atoms with van der Waals surface area (Å²) in [6.07, 6.45) is 4.13. The molecule has 7 rings (SSSR count). The van der Waals surface area contributed by atoms with E-state index < -0.39 is 11.4 Å². The van der Waals surface area contributed by atoms with Crippen LogP contribution in [0.3, 0.4) is 0 Å². The molecule has 1 N–H and O–H groups in total. The molecule has 4 heterocycles. The Bertz CT molecular complexity index is 1480. The topological polar surface area (TPSA) is 75.1 Å². The lowest BCUT2D eigenvalue weighted by molar-refractivity contribution is -0.143. The minimum absolute atomic E-state index is 0.230. The van der Waals surface area contributed by atoms with E-state index in [4.69, 9.17) is 14.5 Å². The van der Waals surface area contributed by atoms with Crippen molar-refractivity contribution in [3.63, 3.8) is 0 Å². The van der Waals surface area contributed by atoms with Crippen molar-refractivity contribution in [3.05, 3.63) is 76.3 Å². The SMILES string of the molecule is Cc1cc(COc2c(C)cccc2-c2cccc(N3CC4C[C@]4(C(=O)O)C3)n2)cc2c1CN(C1CCOCC1)CC2. The largest absolute Gasteiger partial charge is 0.488 e. The summed E-state index contributed by atoms with van der Waals surface area (Å²) in [6, 6.07) is 17.5. The first-order valence-electron chi connectivity index (χ1n) is 15.0. The summed E-state index contributed by atoms with van der Waals surface area (Å²) in [5, 5.41) is 9.71. The number of aromatic nitrogens is 1. The number of rotatable bonds is 7. The lowest BCUT2D eigenvalue weighted by Crippen LogP contribution is -2.42. The van der Waals surface area contributed by atoms with Gasteiger partial charge in [0.05, 0.1) is 11.1 Å². The number of carboxylic acids is 1. The average Bonchev–Trinajstić information content (AvgIpc) is 3.57. The molecule has 41 heavy (non-hydrogen) atoms. The van der Waals surface area contributed by atoms with Crippen LogP contribution in [0.4, 0.5) is 5.82 Å². The van der Waals surface area contributed by atoms with E-state index >= 15 is 0 Å². The van der Waals surface area contributed by atoms with Gasteiger partial charge < -0.3 is 19.5 Å². The number of aliphatic carboxylic acids is 1. The predicted octanol–water partition coefficient (Wildman–Crippen LogP) is 5.39. The number of fused-ring (bicyclic) bond motifs is 2. The molecule has 3 aliphatic heterocycles. The highest BCUT2D eigenvalue weighted by Gasteiger charge is 2.65. The number of anilines is 1. The van der Waals surface area contributed by atoms with Crippen LogP contribution >= 0.6 is 0 Å². The van der Waals surface area contributed by atoms with E-state index in [-0.39, 0.29) is 5.92 Å². The van der Waals surface area contributed by atoms with Gasteiger partial charge in [-0.1, -0.05) is 30.3 Å². The Kier molecular flexibility index (Phi) is 6.75. The van der Waals surface area contributed by atoms with Crippen molar-refractivity contribution in [2.24, 2.45) is 11.3 Å². The Morgan fingerprint density at radius 2 is 1.95 bits per heavy atom. The van der Waals surface area contributed by atoms with Crippen LogP contribution in [0.15, 0.2) is 48.5 Å². The second-order valence-electron chi connectivity index (χ2n) is 12.5. The molecule has 7 heteroatoms. The van der Waals surface area contributed by atoms with Crippen molar-refractivity contribution in [3.8, 4) is 17.0 Å². The fourth-order valence-electron chi connectivity index (χ4n) is 7.35. The molecule has 2 saturated heterocycles. The van der Waals surface area contributed by atoms with Gasteiger partial charge in [0.25, 0.3) is 0 Å². The summed E-state index contributed by atoms with van der Waals surface area (Å²) in [5.74, 6) is 1.24. The zero-order valence-electron chi connectivity index (χ0n) is 24.1. The number of ether oxygens (including phenoxy) is 2. The molecular formula is C34H39N3O4. The lowest BCUT2D eigenvalue weighted by atomic mass is 9.91. The monoisotopic (exact) mass is 553 g/mol. The molecule has 1 aromatic heterocycles. The standard InChI is InChI=1S/C34H39N3O4/c1-22-5-3-6-28(30-7-4-8-31(35-30)37-18-26-17-34(26,21-37)33(38)39)32(22)41-20-24-15-23(2)29-19-36(12-9-25(29)16-24)27-10-13-40-14-11-27/h3-8,15-16,26-27H,9-14,17-21H2,1-2H3,(H,38,39)/t26?,34-/m0/s1. The highest BCUT2D eigenvalue weighted by Crippen LogP contribution is 2.58. The third kappa shape index (κ3) is 4.89. The average molecular weight is 554 g/mol. The van der Waals surface area contributed by atoms with Crippen LogP contribution in [-0.4, -0.2) is 59.8 Å². The van der Waals surface area contributed by atoms with Crippen LogP contribution in [-0.2, 0) is 29.1 Å². The van der Waals surface area contributed by atoms with E-state index in [1.807, 2.05) is 24.3 Å². The fourth-order valence-corrected chi connectivity index (χ4v) is 7.35. The van der Waals surface area contributed by atoms with Crippen molar-refractivity contribution < 1.29 is 19.4 Å². The Morgan fingerprint density at radius 1 is 1.12 bits per heavy atom. The van der Waals surface area contributed by atoms with E-state index in [2.05, 4.69) is 47.9 Å². The van der Waals surface area contributed by atoms with Crippen molar-refractivity contribution in [1.82, 2.24) is 9.88 Å². The zero-order valence-corrected chi connectivity index (χ0v) is 24.1. The molecule has 7 nitrogen and oxygen atoms in total. The van der Waals surface area contributed by atoms with Gasteiger partial charge in [0, 0.05) is 51.0 Å². The van der Waals surface area contributed by atoms with Gasteiger partial charge in [0.2, 0.25) is 0 Å². The number of carboxylic acid groups (broad SMARTS) is 1. The Hall–Kier alpha value is -3.42.